The summed E-state index contributed by atoms with van der Waals surface area (Å²) in [7, 11) is 0. The SMILES string of the molecule is Cc1ccc(CSCC(=O)N(Cc2cccc(C)c2)[C@H](C)C(=O)NC2CCCC2)cc1. The molecule has 0 aromatic heterocycles. The third-order valence-corrected chi connectivity index (χ3v) is 6.91. The van der Waals surface area contributed by atoms with Crippen LogP contribution in [0.3, 0.4) is 0 Å². The Kier molecular flexibility index (Phi) is 8.59. The second kappa shape index (κ2) is 11.4. The van der Waals surface area contributed by atoms with Crippen molar-refractivity contribution >= 4 is 23.6 Å². The summed E-state index contributed by atoms with van der Waals surface area (Å²) in [6, 6.07) is 16.3. The highest BCUT2D eigenvalue weighted by Gasteiger charge is 2.28. The van der Waals surface area contributed by atoms with Crippen LogP contribution in [0.15, 0.2) is 48.5 Å². The molecular formula is C26H34N2O2S. The third-order valence-electron chi connectivity index (χ3n) is 5.92. The van der Waals surface area contributed by atoms with Gasteiger partial charge in [0.05, 0.1) is 5.75 Å². The van der Waals surface area contributed by atoms with Gasteiger partial charge in [0.25, 0.3) is 0 Å². The zero-order chi connectivity index (χ0) is 22.2. The van der Waals surface area contributed by atoms with Crippen LogP contribution in [0.25, 0.3) is 0 Å². The van der Waals surface area contributed by atoms with Crippen molar-refractivity contribution in [3.8, 4) is 0 Å². The smallest absolute Gasteiger partial charge is 0.242 e. The summed E-state index contributed by atoms with van der Waals surface area (Å²) in [6.07, 6.45) is 4.41. The maximum Gasteiger partial charge on any atom is 0.242 e. The van der Waals surface area contributed by atoms with Gasteiger partial charge in [-0.05, 0) is 44.7 Å². The van der Waals surface area contributed by atoms with Crippen molar-refractivity contribution in [1.29, 1.82) is 0 Å². The van der Waals surface area contributed by atoms with Gasteiger partial charge in [0.1, 0.15) is 6.04 Å². The van der Waals surface area contributed by atoms with Crippen LogP contribution in [0, 0.1) is 13.8 Å². The van der Waals surface area contributed by atoms with Crippen LogP contribution >= 0.6 is 11.8 Å². The summed E-state index contributed by atoms with van der Waals surface area (Å²) in [5.41, 5.74) is 4.65. The Hall–Kier alpha value is -2.27. The third kappa shape index (κ3) is 7.13. The number of carbonyl (C=O) groups excluding carboxylic acids is 2. The summed E-state index contributed by atoms with van der Waals surface area (Å²) in [5, 5.41) is 3.16. The van der Waals surface area contributed by atoms with Gasteiger partial charge in [-0.1, -0.05) is 72.5 Å². The number of hydrogen-bond donors (Lipinski definition) is 1. The minimum Gasteiger partial charge on any atom is -0.352 e. The molecule has 1 N–H and O–H groups in total. The summed E-state index contributed by atoms with van der Waals surface area (Å²) in [4.78, 5) is 27.8. The number of benzene rings is 2. The van der Waals surface area contributed by atoms with Gasteiger partial charge in [0.15, 0.2) is 0 Å². The monoisotopic (exact) mass is 438 g/mol. The van der Waals surface area contributed by atoms with Crippen LogP contribution in [0.1, 0.15) is 54.9 Å². The molecule has 1 saturated carbocycles. The van der Waals surface area contributed by atoms with E-state index in [4.69, 9.17) is 0 Å². The van der Waals surface area contributed by atoms with Gasteiger partial charge in [-0.15, -0.1) is 11.8 Å². The molecule has 2 aromatic rings. The van der Waals surface area contributed by atoms with Crippen molar-refractivity contribution in [3.63, 3.8) is 0 Å². The first-order valence-corrected chi connectivity index (χ1v) is 12.4. The molecule has 31 heavy (non-hydrogen) atoms. The quantitative estimate of drug-likeness (QED) is 0.598. The van der Waals surface area contributed by atoms with Crippen molar-refractivity contribution in [2.24, 2.45) is 0 Å². The van der Waals surface area contributed by atoms with Crippen LogP contribution in [-0.2, 0) is 21.9 Å². The lowest BCUT2D eigenvalue weighted by Gasteiger charge is -2.30. The highest BCUT2D eigenvalue weighted by Crippen LogP contribution is 2.20. The van der Waals surface area contributed by atoms with Crippen LogP contribution in [-0.4, -0.2) is 34.6 Å². The van der Waals surface area contributed by atoms with Crippen molar-refractivity contribution in [3.05, 3.63) is 70.8 Å². The van der Waals surface area contributed by atoms with E-state index in [1.54, 1.807) is 16.7 Å². The number of hydrogen-bond acceptors (Lipinski definition) is 3. The Morgan fingerprint density at radius 1 is 1.03 bits per heavy atom. The van der Waals surface area contributed by atoms with Crippen LogP contribution in [0.5, 0.6) is 0 Å². The number of nitrogens with zero attached hydrogens (tertiary/aromatic N) is 1. The molecule has 0 saturated heterocycles. The van der Waals surface area contributed by atoms with E-state index >= 15 is 0 Å². The summed E-state index contributed by atoms with van der Waals surface area (Å²) in [5.74, 6) is 1.11. The number of thioether (sulfide) groups is 1. The van der Waals surface area contributed by atoms with Crippen molar-refractivity contribution in [1.82, 2.24) is 10.2 Å². The number of nitrogens with one attached hydrogen (secondary N) is 1. The molecule has 3 rings (SSSR count). The van der Waals surface area contributed by atoms with Gasteiger partial charge in [-0.2, -0.15) is 0 Å². The van der Waals surface area contributed by atoms with Crippen molar-refractivity contribution in [2.75, 3.05) is 5.75 Å². The normalized spacial score (nSPS) is 14.9. The largest absolute Gasteiger partial charge is 0.352 e. The van der Waals surface area contributed by atoms with Gasteiger partial charge in [-0.3, -0.25) is 9.59 Å². The highest BCUT2D eigenvalue weighted by molar-refractivity contribution is 7.99. The fraction of sp³-hybridized carbons (Fsp3) is 0.462. The average molecular weight is 439 g/mol. The molecule has 2 amide bonds. The van der Waals surface area contributed by atoms with E-state index in [1.807, 2.05) is 32.0 Å². The first kappa shape index (κ1) is 23.4. The molecule has 1 aliphatic carbocycles. The molecule has 5 heteroatoms. The molecule has 1 aliphatic rings. The van der Waals surface area contributed by atoms with E-state index in [0.717, 1.165) is 29.7 Å². The van der Waals surface area contributed by atoms with Gasteiger partial charge in [-0.25, -0.2) is 0 Å². The second-order valence-corrected chi connectivity index (χ2v) is 9.64. The topological polar surface area (TPSA) is 49.4 Å². The van der Waals surface area contributed by atoms with E-state index < -0.39 is 6.04 Å². The first-order valence-electron chi connectivity index (χ1n) is 11.2. The van der Waals surface area contributed by atoms with Crippen molar-refractivity contribution < 1.29 is 9.59 Å². The van der Waals surface area contributed by atoms with Gasteiger partial charge < -0.3 is 10.2 Å². The number of carbonyl (C=O) groups is 2. The average Bonchev–Trinajstić information content (AvgIpc) is 3.26. The number of aryl methyl sites for hydroxylation is 2. The molecule has 0 spiro atoms. The highest BCUT2D eigenvalue weighted by atomic mass is 32.2. The van der Waals surface area contributed by atoms with Gasteiger partial charge in [0.2, 0.25) is 11.8 Å². The number of rotatable bonds is 9. The minimum absolute atomic E-state index is 0.00712. The van der Waals surface area contributed by atoms with Crippen LogP contribution < -0.4 is 5.32 Å². The number of amides is 2. The standard InChI is InChI=1S/C26H34N2O2S/c1-19-11-13-22(14-12-19)17-31-18-25(29)28(16-23-8-6-7-20(2)15-23)21(3)26(30)27-24-9-4-5-10-24/h6-8,11-15,21,24H,4-5,9-10,16-18H2,1-3H3,(H,27,30)/t21-/m1/s1. The van der Waals surface area contributed by atoms with E-state index in [1.165, 1.54) is 24.0 Å². The fourth-order valence-electron chi connectivity index (χ4n) is 4.01. The lowest BCUT2D eigenvalue weighted by Crippen LogP contribution is -2.50. The zero-order valence-electron chi connectivity index (χ0n) is 18.9. The molecule has 166 valence electrons. The van der Waals surface area contributed by atoms with E-state index in [0.29, 0.717) is 12.3 Å². The molecule has 0 radical (unpaired) electrons. The Bertz CT molecular complexity index is 875. The Labute approximate surface area is 190 Å². The molecular weight excluding hydrogens is 404 g/mol. The van der Waals surface area contributed by atoms with E-state index in [-0.39, 0.29) is 17.9 Å². The Balaban J connectivity index is 1.65. The summed E-state index contributed by atoms with van der Waals surface area (Å²) in [6.45, 7) is 6.42. The lowest BCUT2D eigenvalue weighted by atomic mass is 10.1. The predicted octanol–water partition coefficient (Wildman–Crippen LogP) is 5.01. The maximum atomic E-state index is 13.2. The maximum absolute atomic E-state index is 13.2. The Morgan fingerprint density at radius 3 is 2.42 bits per heavy atom. The zero-order valence-corrected chi connectivity index (χ0v) is 19.7. The minimum atomic E-state index is -0.492. The van der Waals surface area contributed by atoms with Crippen molar-refractivity contribution in [2.45, 2.75) is 70.8 Å². The molecule has 2 aromatic carbocycles. The second-order valence-electron chi connectivity index (χ2n) is 8.66. The van der Waals surface area contributed by atoms with Crippen LogP contribution in [0.2, 0.25) is 0 Å². The Morgan fingerprint density at radius 2 is 1.74 bits per heavy atom. The summed E-state index contributed by atoms with van der Waals surface area (Å²) < 4.78 is 0. The van der Waals surface area contributed by atoms with Gasteiger partial charge >= 0.3 is 0 Å². The molecule has 0 bridgehead atoms. The van der Waals surface area contributed by atoms with Crippen LogP contribution in [0.4, 0.5) is 0 Å². The fourth-order valence-corrected chi connectivity index (χ4v) is 4.88. The molecule has 1 fully saturated rings. The molecule has 0 heterocycles. The molecule has 4 nitrogen and oxygen atoms in total. The van der Waals surface area contributed by atoms with E-state index in [9.17, 15) is 9.59 Å². The molecule has 0 unspecified atom stereocenters. The predicted molar refractivity (Wildman–Crippen MR) is 129 cm³/mol. The first-order chi connectivity index (χ1) is 14.9. The summed E-state index contributed by atoms with van der Waals surface area (Å²) >= 11 is 1.60. The van der Waals surface area contributed by atoms with E-state index in [2.05, 4.69) is 42.6 Å². The molecule has 1 atom stereocenters. The van der Waals surface area contributed by atoms with Gasteiger partial charge in [0, 0.05) is 18.3 Å². The lowest BCUT2D eigenvalue weighted by molar-refractivity contribution is -0.138. The molecule has 0 aliphatic heterocycles.